The van der Waals surface area contributed by atoms with E-state index < -0.39 is 0 Å². The molecular weight excluding hydrogens is 347 g/mol. The number of nitrogens with zero attached hydrogens (tertiary/aromatic N) is 1. The van der Waals surface area contributed by atoms with Crippen LogP contribution in [0, 0.1) is 0 Å². The summed E-state index contributed by atoms with van der Waals surface area (Å²) in [5.41, 5.74) is 1.03. The van der Waals surface area contributed by atoms with E-state index in [1.54, 1.807) is 6.20 Å². The zero-order valence-corrected chi connectivity index (χ0v) is 15.2. The Hall–Kier alpha value is -1.49. The van der Waals surface area contributed by atoms with E-state index in [0.717, 1.165) is 24.9 Å². The molecule has 0 atom stereocenters. The molecule has 1 aromatic carbocycles. The van der Waals surface area contributed by atoms with E-state index in [1.165, 1.54) is 0 Å². The Labute approximate surface area is 153 Å². The molecule has 6 heteroatoms. The van der Waals surface area contributed by atoms with Crippen LogP contribution in [0.4, 0.5) is 0 Å². The molecule has 0 unspecified atom stereocenters. The molecule has 2 rings (SSSR count). The molecule has 2 aromatic rings. The first-order valence-corrected chi connectivity index (χ1v) is 8.81. The van der Waals surface area contributed by atoms with E-state index >= 15 is 0 Å². The molecule has 0 fully saturated rings. The minimum absolute atomic E-state index is 0.547. The van der Waals surface area contributed by atoms with Crippen molar-refractivity contribution < 1.29 is 9.47 Å². The van der Waals surface area contributed by atoms with Gasteiger partial charge in [-0.05, 0) is 43.1 Å². The van der Waals surface area contributed by atoms with Gasteiger partial charge in [0.1, 0.15) is 0 Å². The summed E-state index contributed by atoms with van der Waals surface area (Å²) < 4.78 is 11.1. The molecule has 1 N–H and O–H groups in total. The first-order chi connectivity index (χ1) is 11.7. The van der Waals surface area contributed by atoms with Gasteiger partial charge < -0.3 is 14.8 Å². The summed E-state index contributed by atoms with van der Waals surface area (Å²) in [7, 11) is 0. The molecule has 1 aromatic heterocycles. The first-order valence-electron chi connectivity index (χ1n) is 8.06. The van der Waals surface area contributed by atoms with Crippen molar-refractivity contribution in [3.63, 3.8) is 0 Å². The lowest BCUT2D eigenvalue weighted by Gasteiger charge is -2.12. The van der Waals surface area contributed by atoms with Crippen molar-refractivity contribution in [3.8, 4) is 11.6 Å². The van der Waals surface area contributed by atoms with Gasteiger partial charge >= 0.3 is 0 Å². The lowest BCUT2D eigenvalue weighted by molar-refractivity contribution is 0.296. The van der Waals surface area contributed by atoms with Crippen LogP contribution in [0.25, 0.3) is 0 Å². The van der Waals surface area contributed by atoms with Crippen LogP contribution in [0.5, 0.6) is 11.6 Å². The Kier molecular flexibility index (Phi) is 8.16. The molecule has 0 spiro atoms. The van der Waals surface area contributed by atoms with Gasteiger partial charge in [-0.1, -0.05) is 36.2 Å². The molecule has 0 aliphatic rings. The number of ether oxygens (including phenoxy) is 2. The molecular formula is C18H22Cl2N2O2. The molecule has 0 bridgehead atoms. The van der Waals surface area contributed by atoms with Crippen LogP contribution in [-0.2, 0) is 6.54 Å². The monoisotopic (exact) mass is 368 g/mol. The fraction of sp³-hybridized carbons (Fsp3) is 0.389. The smallest absolute Gasteiger partial charge is 0.213 e. The number of nitrogens with one attached hydrogen (secondary N) is 1. The summed E-state index contributed by atoms with van der Waals surface area (Å²) in [6.07, 6.45) is 3.52. The van der Waals surface area contributed by atoms with Gasteiger partial charge in [-0.2, -0.15) is 0 Å². The predicted octanol–water partition coefficient (Wildman–Crippen LogP) is 4.74. The number of hydrogen-bond donors (Lipinski definition) is 1. The molecule has 130 valence electrons. The SMILES string of the molecule is CCCOc1c(Cl)cc(CNCCCOc2ccccn2)cc1Cl. The Balaban J connectivity index is 1.70. The van der Waals surface area contributed by atoms with Crippen LogP contribution in [0.15, 0.2) is 36.5 Å². The van der Waals surface area contributed by atoms with Crippen molar-refractivity contribution in [2.24, 2.45) is 0 Å². The third-order valence-electron chi connectivity index (χ3n) is 3.22. The van der Waals surface area contributed by atoms with Crippen LogP contribution >= 0.6 is 23.2 Å². The lowest BCUT2D eigenvalue weighted by atomic mass is 10.2. The number of rotatable bonds is 10. The number of pyridine rings is 1. The highest BCUT2D eigenvalue weighted by Gasteiger charge is 2.09. The average Bonchev–Trinajstić information content (AvgIpc) is 2.58. The van der Waals surface area contributed by atoms with Gasteiger partial charge in [0, 0.05) is 18.8 Å². The van der Waals surface area contributed by atoms with Crippen LogP contribution in [0.1, 0.15) is 25.3 Å². The molecule has 0 saturated heterocycles. The lowest BCUT2D eigenvalue weighted by Crippen LogP contribution is -2.17. The van der Waals surface area contributed by atoms with Crippen LogP contribution < -0.4 is 14.8 Å². The number of hydrogen-bond acceptors (Lipinski definition) is 4. The van der Waals surface area contributed by atoms with E-state index in [4.69, 9.17) is 32.7 Å². The topological polar surface area (TPSA) is 43.4 Å². The van der Waals surface area contributed by atoms with Gasteiger partial charge in [-0.3, -0.25) is 0 Å². The van der Waals surface area contributed by atoms with E-state index in [9.17, 15) is 0 Å². The van der Waals surface area contributed by atoms with Gasteiger partial charge in [0.05, 0.1) is 23.3 Å². The summed E-state index contributed by atoms with van der Waals surface area (Å²) in [6, 6.07) is 9.39. The van der Waals surface area contributed by atoms with Crippen molar-refractivity contribution in [2.75, 3.05) is 19.8 Å². The Morgan fingerprint density at radius 2 is 1.88 bits per heavy atom. The van der Waals surface area contributed by atoms with Gasteiger partial charge in [-0.15, -0.1) is 0 Å². The Morgan fingerprint density at radius 1 is 1.08 bits per heavy atom. The molecule has 1 heterocycles. The number of benzene rings is 1. The molecule has 0 saturated carbocycles. The maximum Gasteiger partial charge on any atom is 0.213 e. The maximum absolute atomic E-state index is 6.24. The van der Waals surface area contributed by atoms with Crippen molar-refractivity contribution in [2.45, 2.75) is 26.3 Å². The minimum atomic E-state index is 0.547. The third-order valence-corrected chi connectivity index (χ3v) is 3.78. The number of aromatic nitrogens is 1. The predicted molar refractivity (Wildman–Crippen MR) is 98.3 cm³/mol. The Morgan fingerprint density at radius 3 is 2.54 bits per heavy atom. The molecule has 0 amide bonds. The minimum Gasteiger partial charge on any atom is -0.490 e. The third kappa shape index (κ3) is 6.19. The van der Waals surface area contributed by atoms with Crippen molar-refractivity contribution in [1.29, 1.82) is 0 Å². The molecule has 0 aliphatic heterocycles. The quantitative estimate of drug-likeness (QED) is 0.615. The van der Waals surface area contributed by atoms with Crippen LogP contribution in [-0.4, -0.2) is 24.7 Å². The highest BCUT2D eigenvalue weighted by atomic mass is 35.5. The first kappa shape index (κ1) is 18.8. The van der Waals surface area contributed by atoms with Gasteiger partial charge in [0.25, 0.3) is 0 Å². The fourth-order valence-electron chi connectivity index (χ4n) is 2.10. The summed E-state index contributed by atoms with van der Waals surface area (Å²) in [5, 5.41) is 4.44. The second-order valence-corrected chi connectivity index (χ2v) is 6.10. The summed E-state index contributed by atoms with van der Waals surface area (Å²) in [4.78, 5) is 4.11. The fourth-order valence-corrected chi connectivity index (χ4v) is 2.74. The maximum atomic E-state index is 6.24. The summed E-state index contributed by atoms with van der Waals surface area (Å²) in [6.45, 7) is 4.79. The second kappa shape index (κ2) is 10.4. The molecule has 4 nitrogen and oxygen atoms in total. The zero-order chi connectivity index (χ0) is 17.2. The highest BCUT2D eigenvalue weighted by Crippen LogP contribution is 2.34. The molecule has 0 aliphatic carbocycles. The molecule has 0 radical (unpaired) electrons. The summed E-state index contributed by atoms with van der Waals surface area (Å²) >= 11 is 12.5. The van der Waals surface area contributed by atoms with Gasteiger partial charge in [0.15, 0.2) is 5.75 Å². The standard InChI is InChI=1S/C18H22Cl2N2O2/c1-2-9-24-18-15(19)11-14(12-16(18)20)13-21-7-5-10-23-17-6-3-4-8-22-17/h3-4,6,8,11-12,21H,2,5,7,9-10,13H2,1H3. The largest absolute Gasteiger partial charge is 0.490 e. The van der Waals surface area contributed by atoms with Crippen LogP contribution in [0.3, 0.4) is 0 Å². The second-order valence-electron chi connectivity index (χ2n) is 5.28. The van der Waals surface area contributed by atoms with Crippen molar-refractivity contribution in [1.82, 2.24) is 10.3 Å². The van der Waals surface area contributed by atoms with E-state index in [1.807, 2.05) is 37.3 Å². The van der Waals surface area contributed by atoms with Gasteiger partial charge in [0.2, 0.25) is 5.88 Å². The van der Waals surface area contributed by atoms with E-state index in [2.05, 4.69) is 10.3 Å². The normalized spacial score (nSPS) is 10.6. The summed E-state index contributed by atoms with van der Waals surface area (Å²) in [5.74, 6) is 1.21. The van der Waals surface area contributed by atoms with E-state index in [-0.39, 0.29) is 0 Å². The average molecular weight is 369 g/mol. The number of halogens is 2. The Bertz CT molecular complexity index is 601. The highest BCUT2D eigenvalue weighted by molar-refractivity contribution is 6.37. The van der Waals surface area contributed by atoms with Crippen molar-refractivity contribution in [3.05, 3.63) is 52.1 Å². The van der Waals surface area contributed by atoms with Gasteiger partial charge in [-0.25, -0.2) is 4.98 Å². The molecule has 24 heavy (non-hydrogen) atoms. The van der Waals surface area contributed by atoms with Crippen LogP contribution in [0.2, 0.25) is 10.0 Å². The zero-order valence-electron chi connectivity index (χ0n) is 13.7. The van der Waals surface area contributed by atoms with Crippen molar-refractivity contribution >= 4 is 23.2 Å². The van der Waals surface area contributed by atoms with E-state index in [0.29, 0.717) is 41.4 Å².